The van der Waals surface area contributed by atoms with Crippen molar-refractivity contribution in [1.82, 2.24) is 5.43 Å². The third kappa shape index (κ3) is 6.28. The zero-order valence-electron chi connectivity index (χ0n) is 16.8. The van der Waals surface area contributed by atoms with Crippen molar-refractivity contribution >= 4 is 44.0 Å². The van der Waals surface area contributed by atoms with Crippen LogP contribution in [0.2, 0.25) is 0 Å². The van der Waals surface area contributed by atoms with E-state index in [0.717, 1.165) is 42.5 Å². The van der Waals surface area contributed by atoms with Gasteiger partial charge in [0.2, 0.25) is 5.91 Å². The summed E-state index contributed by atoms with van der Waals surface area (Å²) in [6.45, 7) is 4.49. The van der Waals surface area contributed by atoms with Gasteiger partial charge in [-0.1, -0.05) is 54.1 Å². The van der Waals surface area contributed by atoms with Gasteiger partial charge in [0.05, 0.1) is 21.6 Å². The number of hydrogen-bond donors (Lipinski definition) is 1. The predicted molar refractivity (Wildman–Crippen MR) is 128 cm³/mol. The normalized spacial score (nSPS) is 10.9. The highest BCUT2D eigenvalue weighted by Crippen LogP contribution is 2.35. The van der Waals surface area contributed by atoms with Crippen molar-refractivity contribution in [3.8, 4) is 5.75 Å². The molecule has 0 spiro atoms. The third-order valence-corrected chi connectivity index (χ3v) is 5.68. The maximum Gasteiger partial charge on any atom is 0.244 e. The Morgan fingerprint density at radius 2 is 1.73 bits per heavy atom. The monoisotopic (exact) mass is 528 g/mol. The molecule has 4 nitrogen and oxygen atoms in total. The van der Waals surface area contributed by atoms with E-state index in [2.05, 4.69) is 42.4 Å². The molecule has 0 aliphatic rings. The molecule has 3 aromatic rings. The first-order valence-electron chi connectivity index (χ1n) is 9.46. The first-order chi connectivity index (χ1) is 14.4. The van der Waals surface area contributed by atoms with Gasteiger partial charge in [0, 0.05) is 0 Å². The minimum absolute atomic E-state index is 0.152. The molecule has 0 heterocycles. The quantitative estimate of drug-likeness (QED) is 0.297. The number of carbonyl (C=O) groups is 1. The molecule has 0 aliphatic carbocycles. The van der Waals surface area contributed by atoms with E-state index in [0.29, 0.717) is 13.0 Å². The van der Waals surface area contributed by atoms with E-state index in [1.165, 1.54) is 0 Å². The number of hydrazone groups is 1. The number of benzene rings is 3. The number of ether oxygens (including phenoxy) is 1. The summed E-state index contributed by atoms with van der Waals surface area (Å²) >= 11 is 7.09. The van der Waals surface area contributed by atoms with Crippen molar-refractivity contribution < 1.29 is 9.53 Å². The lowest BCUT2D eigenvalue weighted by Crippen LogP contribution is -2.20. The minimum atomic E-state index is -0.152. The second-order valence-electron chi connectivity index (χ2n) is 6.99. The van der Waals surface area contributed by atoms with Crippen LogP contribution in [0.3, 0.4) is 0 Å². The zero-order chi connectivity index (χ0) is 21.5. The Morgan fingerprint density at radius 3 is 2.43 bits per heavy atom. The highest BCUT2D eigenvalue weighted by Gasteiger charge is 2.09. The van der Waals surface area contributed by atoms with Gasteiger partial charge < -0.3 is 4.74 Å². The molecule has 154 valence electrons. The molecule has 0 aliphatic heterocycles. The van der Waals surface area contributed by atoms with Crippen molar-refractivity contribution in [2.75, 3.05) is 0 Å². The van der Waals surface area contributed by atoms with Crippen LogP contribution in [0.5, 0.6) is 5.75 Å². The van der Waals surface area contributed by atoms with Crippen LogP contribution in [-0.4, -0.2) is 12.1 Å². The fraction of sp³-hybridized carbons (Fsp3) is 0.167. The first kappa shape index (κ1) is 22.2. The summed E-state index contributed by atoms with van der Waals surface area (Å²) in [6.07, 6.45) is 1.90. The van der Waals surface area contributed by atoms with Gasteiger partial charge in [0.25, 0.3) is 0 Å². The molecule has 0 atom stereocenters. The van der Waals surface area contributed by atoms with Gasteiger partial charge in [-0.15, -0.1) is 0 Å². The van der Waals surface area contributed by atoms with Gasteiger partial charge in [-0.05, 0) is 80.1 Å². The van der Waals surface area contributed by atoms with Crippen molar-refractivity contribution in [1.29, 1.82) is 0 Å². The van der Waals surface area contributed by atoms with Crippen LogP contribution in [0.25, 0.3) is 0 Å². The molecule has 1 N–H and O–H groups in total. The molecule has 6 heteroatoms. The van der Waals surface area contributed by atoms with Gasteiger partial charge in [0.15, 0.2) is 0 Å². The molecule has 3 rings (SSSR count). The molecule has 0 bridgehead atoms. The number of amides is 1. The van der Waals surface area contributed by atoms with E-state index < -0.39 is 0 Å². The second-order valence-corrected chi connectivity index (χ2v) is 8.70. The molecule has 0 aromatic heterocycles. The summed E-state index contributed by atoms with van der Waals surface area (Å²) in [5.41, 5.74) is 7.75. The molecule has 3 aromatic carbocycles. The summed E-state index contributed by atoms with van der Waals surface area (Å²) in [5.74, 6) is 0.566. The topological polar surface area (TPSA) is 50.7 Å². The Bertz CT molecular complexity index is 1040. The standard InChI is InChI=1S/C24H22Br2N2O2/c1-16-8-9-17(2)20(10-16)13-23(29)28-27-14-19-11-21(25)24(22(26)12-19)30-15-18-6-4-3-5-7-18/h3-12,14H,13,15H2,1-2H3,(H,28,29)/b27-14+. The van der Waals surface area contributed by atoms with Gasteiger partial charge in [-0.25, -0.2) is 5.43 Å². The molecule has 0 saturated heterocycles. The molecule has 0 fully saturated rings. The number of aryl methyl sites for hydroxylation is 2. The van der Waals surface area contributed by atoms with E-state index in [9.17, 15) is 4.79 Å². The Kier molecular flexibility index (Phi) is 7.82. The molecular weight excluding hydrogens is 508 g/mol. The van der Waals surface area contributed by atoms with Gasteiger partial charge in [-0.2, -0.15) is 5.10 Å². The first-order valence-corrected chi connectivity index (χ1v) is 11.0. The lowest BCUT2D eigenvalue weighted by atomic mass is 10.0. The van der Waals surface area contributed by atoms with Crippen LogP contribution in [0, 0.1) is 13.8 Å². The van der Waals surface area contributed by atoms with Crippen LogP contribution in [0.15, 0.2) is 74.7 Å². The summed E-state index contributed by atoms with van der Waals surface area (Å²) in [4.78, 5) is 12.2. The van der Waals surface area contributed by atoms with Crippen LogP contribution < -0.4 is 10.2 Å². The average molecular weight is 530 g/mol. The number of rotatable bonds is 7. The Hall–Kier alpha value is -2.44. The Labute approximate surface area is 193 Å². The number of nitrogens with zero attached hydrogens (tertiary/aromatic N) is 1. The number of carbonyl (C=O) groups excluding carboxylic acids is 1. The lowest BCUT2D eigenvalue weighted by Gasteiger charge is -2.11. The van der Waals surface area contributed by atoms with Crippen LogP contribution >= 0.6 is 31.9 Å². The summed E-state index contributed by atoms with van der Waals surface area (Å²) in [6, 6.07) is 19.9. The minimum Gasteiger partial charge on any atom is -0.487 e. The van der Waals surface area contributed by atoms with Crippen LogP contribution in [0.1, 0.15) is 27.8 Å². The largest absolute Gasteiger partial charge is 0.487 e. The van der Waals surface area contributed by atoms with Crippen LogP contribution in [0.4, 0.5) is 0 Å². The summed E-state index contributed by atoms with van der Waals surface area (Å²) in [5, 5.41) is 4.09. The van der Waals surface area contributed by atoms with Gasteiger partial charge >= 0.3 is 0 Å². The average Bonchev–Trinajstić information content (AvgIpc) is 2.71. The third-order valence-electron chi connectivity index (χ3n) is 4.51. The van der Waals surface area contributed by atoms with E-state index in [4.69, 9.17) is 4.74 Å². The molecule has 0 unspecified atom stereocenters. The fourth-order valence-electron chi connectivity index (χ4n) is 2.90. The number of hydrogen-bond acceptors (Lipinski definition) is 3. The SMILES string of the molecule is Cc1ccc(C)c(CC(=O)N/N=C/c2cc(Br)c(OCc3ccccc3)c(Br)c2)c1. The molecule has 0 radical (unpaired) electrons. The van der Waals surface area contributed by atoms with Crippen molar-refractivity contribution in [3.05, 3.63) is 97.4 Å². The Balaban J connectivity index is 1.60. The zero-order valence-corrected chi connectivity index (χ0v) is 20.0. The van der Waals surface area contributed by atoms with E-state index >= 15 is 0 Å². The van der Waals surface area contributed by atoms with Crippen molar-refractivity contribution in [2.24, 2.45) is 5.10 Å². The predicted octanol–water partition coefficient (Wildman–Crippen LogP) is 6.10. The smallest absolute Gasteiger partial charge is 0.244 e. The fourth-order valence-corrected chi connectivity index (χ4v) is 4.35. The molecule has 0 saturated carbocycles. The molecular formula is C24H22Br2N2O2. The second kappa shape index (κ2) is 10.5. The maximum atomic E-state index is 12.2. The number of halogens is 2. The van der Waals surface area contributed by atoms with E-state index in [1.54, 1.807) is 6.21 Å². The molecule has 1 amide bonds. The summed E-state index contributed by atoms with van der Waals surface area (Å²) < 4.78 is 7.53. The summed E-state index contributed by atoms with van der Waals surface area (Å²) in [7, 11) is 0. The molecule has 30 heavy (non-hydrogen) atoms. The van der Waals surface area contributed by atoms with Gasteiger partial charge in [0.1, 0.15) is 12.4 Å². The highest BCUT2D eigenvalue weighted by atomic mass is 79.9. The van der Waals surface area contributed by atoms with E-state index in [-0.39, 0.29) is 5.91 Å². The van der Waals surface area contributed by atoms with Crippen LogP contribution in [-0.2, 0) is 17.8 Å². The maximum absolute atomic E-state index is 12.2. The highest BCUT2D eigenvalue weighted by molar-refractivity contribution is 9.11. The lowest BCUT2D eigenvalue weighted by molar-refractivity contribution is -0.120. The van der Waals surface area contributed by atoms with Crippen molar-refractivity contribution in [2.45, 2.75) is 26.9 Å². The number of nitrogens with one attached hydrogen (secondary N) is 1. The van der Waals surface area contributed by atoms with Gasteiger partial charge in [-0.3, -0.25) is 4.79 Å². The van der Waals surface area contributed by atoms with Crippen molar-refractivity contribution in [3.63, 3.8) is 0 Å². The Morgan fingerprint density at radius 1 is 1.03 bits per heavy atom. The van der Waals surface area contributed by atoms with E-state index in [1.807, 2.05) is 74.5 Å².